The predicted octanol–water partition coefficient (Wildman–Crippen LogP) is 7.68. The second kappa shape index (κ2) is 15.9. The van der Waals surface area contributed by atoms with Gasteiger partial charge in [0.2, 0.25) is 13.6 Å². The summed E-state index contributed by atoms with van der Waals surface area (Å²) in [5.74, 6) is 0.369. The molecule has 8 heteroatoms. The third kappa shape index (κ3) is 10.7. The molecule has 0 unspecified atom stereocenters. The molecule has 0 aromatic heterocycles. The zero-order chi connectivity index (χ0) is 33.1. The zero-order valence-electron chi connectivity index (χ0n) is 27.3. The van der Waals surface area contributed by atoms with E-state index in [2.05, 4.69) is 13.2 Å². The summed E-state index contributed by atoms with van der Waals surface area (Å²) in [4.78, 5) is 37.6. The van der Waals surface area contributed by atoms with E-state index >= 15 is 0 Å². The van der Waals surface area contributed by atoms with Gasteiger partial charge in [-0.15, -0.1) is 13.2 Å². The van der Waals surface area contributed by atoms with Gasteiger partial charge >= 0.3 is 11.9 Å². The molecule has 2 aromatic carbocycles. The Balaban J connectivity index is 2.42. The first-order chi connectivity index (χ1) is 20.6. The number of carbonyl (C=O) groups is 3. The first-order valence-corrected chi connectivity index (χ1v) is 14.6. The first-order valence-electron chi connectivity index (χ1n) is 14.6. The van der Waals surface area contributed by atoms with E-state index < -0.39 is 16.8 Å². The fraction of sp³-hybridized carbons (Fsp3) is 0.417. The fourth-order valence-corrected chi connectivity index (χ4v) is 3.80. The lowest BCUT2D eigenvalue weighted by Crippen LogP contribution is -2.25. The predicted molar refractivity (Wildman–Crippen MR) is 172 cm³/mol. The van der Waals surface area contributed by atoms with E-state index in [1.807, 2.05) is 19.9 Å². The van der Waals surface area contributed by atoms with Crippen LogP contribution in [0.3, 0.4) is 0 Å². The Morgan fingerprint density at radius 3 is 1.75 bits per heavy atom. The van der Waals surface area contributed by atoms with Crippen LogP contribution in [0.1, 0.15) is 82.4 Å². The Hall–Kier alpha value is -4.33. The first kappa shape index (κ1) is 35.9. The van der Waals surface area contributed by atoms with Gasteiger partial charge in [0.05, 0.1) is 22.5 Å². The zero-order valence-corrected chi connectivity index (χ0v) is 27.3. The summed E-state index contributed by atoms with van der Waals surface area (Å²) in [5, 5.41) is 0. The van der Waals surface area contributed by atoms with E-state index in [-0.39, 0.29) is 31.4 Å². The van der Waals surface area contributed by atoms with Gasteiger partial charge < -0.3 is 23.7 Å². The van der Waals surface area contributed by atoms with Gasteiger partial charge in [0.1, 0.15) is 17.2 Å². The maximum atomic E-state index is 13.2. The maximum Gasteiger partial charge on any atom is 0.314 e. The van der Waals surface area contributed by atoms with Crippen molar-refractivity contribution >= 4 is 23.8 Å². The van der Waals surface area contributed by atoms with Crippen molar-refractivity contribution in [1.29, 1.82) is 0 Å². The molecule has 0 radical (unpaired) electrons. The molecule has 0 bridgehead atoms. The molecule has 0 atom stereocenters. The third-order valence-corrected chi connectivity index (χ3v) is 6.08. The van der Waals surface area contributed by atoms with Crippen molar-refractivity contribution in [3.05, 3.63) is 84.0 Å². The van der Waals surface area contributed by atoms with E-state index in [1.165, 1.54) is 6.08 Å². The lowest BCUT2D eigenvalue weighted by atomic mass is 9.97. The van der Waals surface area contributed by atoms with Gasteiger partial charge in [-0.05, 0) is 122 Å². The molecule has 0 saturated heterocycles. The smallest absolute Gasteiger partial charge is 0.314 e. The van der Waals surface area contributed by atoms with Gasteiger partial charge in [-0.25, -0.2) is 0 Å². The summed E-state index contributed by atoms with van der Waals surface area (Å²) in [6.45, 7) is 21.6. The Morgan fingerprint density at radius 1 is 0.773 bits per heavy atom. The highest BCUT2D eigenvalue weighted by Crippen LogP contribution is 2.39. The second-order valence-electron chi connectivity index (χ2n) is 12.5. The molecule has 0 aliphatic carbocycles. The van der Waals surface area contributed by atoms with Crippen molar-refractivity contribution in [3.63, 3.8) is 0 Å². The highest BCUT2D eigenvalue weighted by atomic mass is 16.7. The molecule has 0 spiro atoms. The number of hydrogen-bond donors (Lipinski definition) is 0. The van der Waals surface area contributed by atoms with Crippen LogP contribution in [0, 0.1) is 10.8 Å². The minimum Gasteiger partial charge on any atom is -0.490 e. The average molecular weight is 607 g/mol. The van der Waals surface area contributed by atoms with Crippen molar-refractivity contribution < 1.29 is 38.1 Å². The lowest BCUT2D eigenvalue weighted by molar-refractivity contribution is -0.160. The molecule has 238 valence electrons. The summed E-state index contributed by atoms with van der Waals surface area (Å²) in [7, 11) is 0. The summed E-state index contributed by atoms with van der Waals surface area (Å²) < 4.78 is 28.3. The molecule has 0 heterocycles. The average Bonchev–Trinajstić information content (AvgIpc) is 2.93. The minimum atomic E-state index is -0.695. The van der Waals surface area contributed by atoms with Crippen molar-refractivity contribution in [3.8, 4) is 17.2 Å². The number of esters is 2. The van der Waals surface area contributed by atoms with Crippen LogP contribution in [-0.4, -0.2) is 37.4 Å². The maximum absolute atomic E-state index is 13.2. The minimum absolute atomic E-state index is 0.173. The van der Waals surface area contributed by atoms with Crippen molar-refractivity contribution in [2.75, 3.05) is 13.6 Å². The molecular formula is C36H46O8. The van der Waals surface area contributed by atoms with E-state index in [0.29, 0.717) is 41.2 Å². The molecule has 44 heavy (non-hydrogen) atoms. The van der Waals surface area contributed by atoms with Crippen molar-refractivity contribution in [2.45, 2.75) is 74.3 Å². The molecule has 2 rings (SSSR count). The summed E-state index contributed by atoms with van der Waals surface area (Å²) in [5.41, 5.74) is 1.29. The quantitative estimate of drug-likeness (QED) is 0.0670. The third-order valence-electron chi connectivity index (χ3n) is 6.08. The van der Waals surface area contributed by atoms with Gasteiger partial charge in [0, 0.05) is 5.56 Å². The number of hydrogen-bond acceptors (Lipinski definition) is 8. The molecule has 0 saturated carbocycles. The highest BCUT2D eigenvalue weighted by Gasteiger charge is 2.25. The van der Waals surface area contributed by atoms with E-state index in [4.69, 9.17) is 23.7 Å². The molecule has 0 amide bonds. The number of rotatable bonds is 15. The Kier molecular flexibility index (Phi) is 13.0. The summed E-state index contributed by atoms with van der Waals surface area (Å²) in [6.07, 6.45) is 7.43. The SMILES string of the molecule is C=CCc1cc(CC=C)c(OC(C)C)c(/C=C/C(=O)c2ccc(OCOC(=O)C(C)(C)C)cc2)c1OCOC(=O)C(C)(C)C. The van der Waals surface area contributed by atoms with Gasteiger partial charge in [-0.2, -0.15) is 0 Å². The van der Waals surface area contributed by atoms with Crippen LogP contribution in [0.4, 0.5) is 0 Å². The van der Waals surface area contributed by atoms with Crippen LogP contribution in [0.25, 0.3) is 6.08 Å². The molecule has 0 aliphatic heterocycles. The number of carbonyl (C=O) groups excluding carboxylic acids is 3. The van der Waals surface area contributed by atoms with Gasteiger partial charge in [-0.1, -0.05) is 12.2 Å². The van der Waals surface area contributed by atoms with E-state index in [9.17, 15) is 14.4 Å². The van der Waals surface area contributed by atoms with Crippen molar-refractivity contribution in [2.24, 2.45) is 10.8 Å². The van der Waals surface area contributed by atoms with E-state index in [0.717, 1.165) is 11.1 Å². The van der Waals surface area contributed by atoms with Gasteiger partial charge in [0.25, 0.3) is 0 Å². The monoisotopic (exact) mass is 606 g/mol. The normalized spacial score (nSPS) is 11.7. The van der Waals surface area contributed by atoms with Crippen LogP contribution in [0.2, 0.25) is 0 Å². The molecule has 2 aromatic rings. The van der Waals surface area contributed by atoms with Gasteiger partial charge in [0.15, 0.2) is 5.78 Å². The van der Waals surface area contributed by atoms with Gasteiger partial charge in [-0.3, -0.25) is 14.4 Å². The largest absolute Gasteiger partial charge is 0.490 e. The number of benzene rings is 2. The topological polar surface area (TPSA) is 97.4 Å². The Labute approximate surface area is 261 Å². The molecule has 0 N–H and O–H groups in total. The number of ether oxygens (including phenoxy) is 5. The number of allylic oxidation sites excluding steroid dienone is 3. The van der Waals surface area contributed by atoms with Crippen LogP contribution in [0.15, 0.2) is 61.7 Å². The lowest BCUT2D eigenvalue weighted by Gasteiger charge is -2.23. The molecule has 0 fully saturated rings. The van der Waals surface area contributed by atoms with Crippen LogP contribution in [-0.2, 0) is 31.9 Å². The van der Waals surface area contributed by atoms with Crippen LogP contribution < -0.4 is 14.2 Å². The fourth-order valence-electron chi connectivity index (χ4n) is 3.80. The number of ketones is 1. The molecular weight excluding hydrogens is 560 g/mol. The summed E-state index contributed by atoms with van der Waals surface area (Å²) >= 11 is 0. The Morgan fingerprint density at radius 2 is 1.27 bits per heavy atom. The van der Waals surface area contributed by atoms with Crippen LogP contribution >= 0.6 is 0 Å². The Bertz CT molecular complexity index is 1350. The highest BCUT2D eigenvalue weighted by molar-refractivity contribution is 6.07. The van der Waals surface area contributed by atoms with Crippen LogP contribution in [0.5, 0.6) is 17.2 Å². The van der Waals surface area contributed by atoms with Crippen molar-refractivity contribution in [1.82, 2.24) is 0 Å². The molecule has 0 aliphatic rings. The van der Waals surface area contributed by atoms with E-state index in [1.54, 1.807) is 84.0 Å². The molecule has 8 nitrogen and oxygen atoms in total. The summed E-state index contributed by atoms with van der Waals surface area (Å²) in [6, 6.07) is 8.47. The standard InChI is InChI=1S/C36H46O8/c1-11-13-26-21-27(14-12-2)32(44-24(3)4)29(31(26)41-23-43-34(39)36(8,9)10)19-20-30(37)25-15-17-28(18-16-25)40-22-42-33(38)35(5,6)7/h11-12,15-21,24H,1-2,13-14,22-23H2,3-10H3/b20-19+. The second-order valence-corrected chi connectivity index (χ2v) is 12.5.